The third-order valence-electron chi connectivity index (χ3n) is 7.21. The summed E-state index contributed by atoms with van der Waals surface area (Å²) in [7, 11) is 0. The molecular weight excluding hydrogens is 536 g/mol. The second-order valence-electron chi connectivity index (χ2n) is 11.6. The predicted molar refractivity (Wildman–Crippen MR) is 191 cm³/mol. The zero-order valence-corrected chi connectivity index (χ0v) is 27.5. The summed E-state index contributed by atoms with van der Waals surface area (Å²) in [6, 6.07) is 41.6. The van der Waals surface area contributed by atoms with Crippen LogP contribution in [0.3, 0.4) is 0 Å². The lowest BCUT2D eigenvalue weighted by Crippen LogP contribution is -2.53. The van der Waals surface area contributed by atoms with Crippen molar-refractivity contribution in [2.75, 3.05) is 4.90 Å². The van der Waals surface area contributed by atoms with Crippen molar-refractivity contribution in [3.63, 3.8) is 0 Å². The molecule has 44 heavy (non-hydrogen) atoms. The van der Waals surface area contributed by atoms with Crippen LogP contribution in [0.2, 0.25) is 0 Å². The van der Waals surface area contributed by atoms with E-state index in [0.717, 1.165) is 16.8 Å². The van der Waals surface area contributed by atoms with Crippen molar-refractivity contribution in [2.45, 2.75) is 54.5 Å². The Morgan fingerprint density at radius 3 is 1.64 bits per heavy atom. The Kier molecular flexibility index (Phi) is 14.6. The molecule has 0 saturated carbocycles. The summed E-state index contributed by atoms with van der Waals surface area (Å²) < 4.78 is 0. The maximum atomic E-state index is 10.1. The molecule has 0 aliphatic carbocycles. The molecule has 0 radical (unpaired) electrons. The number of Topliss-reactive ketones (excluding diaryl/α,β-unsaturated/α-hetero) is 1. The monoisotopic (exact) mass is 584 g/mol. The van der Waals surface area contributed by atoms with Crippen molar-refractivity contribution >= 4 is 23.4 Å². The number of benzene rings is 4. The number of nitrogens with zero attached hydrogens (tertiary/aromatic N) is 2. The third kappa shape index (κ3) is 11.2. The molecule has 1 unspecified atom stereocenters. The van der Waals surface area contributed by atoms with Gasteiger partial charge < -0.3 is 4.90 Å². The number of carbonyl (C=O) groups excluding carboxylic acids is 1. The quantitative estimate of drug-likeness (QED) is 0.173. The van der Waals surface area contributed by atoms with Gasteiger partial charge in [0.15, 0.2) is 0 Å². The van der Waals surface area contributed by atoms with E-state index in [1.165, 1.54) is 16.9 Å². The first-order valence-electron chi connectivity index (χ1n) is 15.1. The van der Waals surface area contributed by atoms with Gasteiger partial charge in [-0.1, -0.05) is 138 Å². The molecule has 1 aliphatic rings. The molecule has 0 aromatic heterocycles. The highest BCUT2D eigenvalue weighted by Crippen LogP contribution is 2.57. The maximum absolute atomic E-state index is 10.1. The zero-order chi connectivity index (χ0) is 32.5. The van der Waals surface area contributed by atoms with Crippen LogP contribution < -0.4 is 4.90 Å². The lowest BCUT2D eigenvalue weighted by atomic mass is 9.68. The van der Waals surface area contributed by atoms with E-state index in [0.29, 0.717) is 6.04 Å². The van der Waals surface area contributed by atoms with Crippen LogP contribution >= 0.6 is 0 Å². The number of ketones is 1. The molecule has 0 bridgehead atoms. The average Bonchev–Trinajstić information content (AvgIpc) is 3.05. The first-order chi connectivity index (χ1) is 21.0. The molecule has 5 rings (SSSR count). The highest BCUT2D eigenvalue weighted by Gasteiger charge is 2.50. The van der Waals surface area contributed by atoms with Crippen LogP contribution in [0.4, 0.5) is 11.4 Å². The minimum absolute atomic E-state index is 0.108. The molecule has 4 aromatic carbocycles. The molecule has 1 aliphatic heterocycles. The summed E-state index contributed by atoms with van der Waals surface area (Å²) in [5.74, 6) is 0.472. The topological polar surface area (TPSA) is 32.7 Å². The summed E-state index contributed by atoms with van der Waals surface area (Å²) in [6.07, 6.45) is 1.87. The van der Waals surface area contributed by atoms with Crippen LogP contribution in [-0.4, -0.2) is 12.0 Å². The summed E-state index contributed by atoms with van der Waals surface area (Å²) in [5.41, 5.74) is 9.81. The highest BCUT2D eigenvalue weighted by atomic mass is 16.1. The Labute approximate surface area is 266 Å². The molecule has 0 spiro atoms. The average molecular weight is 585 g/mol. The summed E-state index contributed by atoms with van der Waals surface area (Å²) in [4.78, 5) is 16.8. The van der Waals surface area contributed by atoms with Gasteiger partial charge in [-0.05, 0) is 61.7 Å². The van der Waals surface area contributed by atoms with E-state index in [1.54, 1.807) is 6.92 Å². The number of allylic oxidation sites excluding steroid dienone is 1. The third-order valence-corrected chi connectivity index (χ3v) is 7.21. The van der Waals surface area contributed by atoms with Crippen molar-refractivity contribution in [3.8, 4) is 0 Å². The number of para-hydroxylation sites is 2. The molecule has 1 saturated heterocycles. The van der Waals surface area contributed by atoms with Crippen LogP contribution in [0.1, 0.15) is 65.6 Å². The summed E-state index contributed by atoms with van der Waals surface area (Å²) in [5, 5.41) is 0. The van der Waals surface area contributed by atoms with Crippen molar-refractivity contribution in [3.05, 3.63) is 163 Å². The van der Waals surface area contributed by atoms with Crippen molar-refractivity contribution in [2.24, 2.45) is 16.3 Å². The van der Waals surface area contributed by atoms with Gasteiger partial charge in [-0.15, -0.1) is 5.73 Å². The fourth-order valence-electron chi connectivity index (χ4n) is 4.18. The fraction of sp³-hybridized carbons (Fsp3) is 0.244. The molecule has 4 aromatic rings. The number of carbonyl (C=O) groups is 1. The number of anilines is 1. The summed E-state index contributed by atoms with van der Waals surface area (Å²) >= 11 is 0. The first-order valence-corrected chi connectivity index (χ1v) is 15.1. The molecule has 1 heterocycles. The second-order valence-corrected chi connectivity index (χ2v) is 11.6. The molecule has 0 amide bonds. The van der Waals surface area contributed by atoms with E-state index in [4.69, 9.17) is 0 Å². The molecular formula is C41H48N2O. The van der Waals surface area contributed by atoms with E-state index in [1.807, 2.05) is 94.6 Å². The first kappa shape index (κ1) is 35.5. The normalized spacial score (nSPS) is 14.4. The standard InChI is InChI=1S/C18H19N.C13H11N.C5H10O.C5H8/c1-14-18(2,3)17(15-10-6-4-7-11-15)19(14)16-12-8-5-9-13-16;1-3-7-12(8-4-1)11-14-13-9-5-2-6-10-13;1-4(2)5(3)6;1-4-5(2)3/h4-13,17H,1H2,2-3H3;1-11H;4H,1-3H3;1H2,2-3H3. The molecule has 228 valence electrons. The van der Waals surface area contributed by atoms with E-state index >= 15 is 0 Å². The number of hydrogen-bond donors (Lipinski definition) is 0. The highest BCUT2D eigenvalue weighted by molar-refractivity contribution is 5.81. The predicted octanol–water partition coefficient (Wildman–Crippen LogP) is 11.2. The Hall–Kier alpha value is -4.72. The van der Waals surface area contributed by atoms with Crippen LogP contribution in [0.5, 0.6) is 0 Å². The number of hydrogen-bond acceptors (Lipinski definition) is 3. The van der Waals surface area contributed by atoms with E-state index in [9.17, 15) is 4.79 Å². The fourth-order valence-corrected chi connectivity index (χ4v) is 4.18. The zero-order valence-electron chi connectivity index (χ0n) is 27.5. The largest absolute Gasteiger partial charge is 0.337 e. The van der Waals surface area contributed by atoms with Gasteiger partial charge >= 0.3 is 0 Å². The van der Waals surface area contributed by atoms with Gasteiger partial charge in [0.05, 0.1) is 11.7 Å². The van der Waals surface area contributed by atoms with Crippen LogP contribution in [-0.2, 0) is 4.79 Å². The lowest BCUT2D eigenvalue weighted by molar-refractivity contribution is -0.119. The Bertz CT molecular complexity index is 1450. The van der Waals surface area contributed by atoms with Crippen LogP contribution in [0.15, 0.2) is 156 Å². The second kappa shape index (κ2) is 18.1. The Morgan fingerprint density at radius 2 is 1.20 bits per heavy atom. The molecule has 0 N–H and O–H groups in total. The van der Waals surface area contributed by atoms with Gasteiger partial charge in [-0.3, -0.25) is 9.79 Å². The van der Waals surface area contributed by atoms with Crippen molar-refractivity contribution in [1.82, 2.24) is 0 Å². The van der Waals surface area contributed by atoms with Gasteiger partial charge in [0.1, 0.15) is 5.78 Å². The van der Waals surface area contributed by atoms with Gasteiger partial charge in [0, 0.05) is 28.9 Å². The molecule has 1 fully saturated rings. The van der Waals surface area contributed by atoms with Gasteiger partial charge in [0.2, 0.25) is 0 Å². The van der Waals surface area contributed by atoms with E-state index < -0.39 is 0 Å². The molecule has 3 nitrogen and oxygen atoms in total. The van der Waals surface area contributed by atoms with E-state index in [2.05, 4.69) is 103 Å². The lowest BCUT2D eigenvalue weighted by Gasteiger charge is -2.57. The molecule has 3 heteroatoms. The minimum atomic E-state index is 0.108. The Balaban J connectivity index is 0.000000236. The van der Waals surface area contributed by atoms with Gasteiger partial charge in [0.25, 0.3) is 0 Å². The van der Waals surface area contributed by atoms with Crippen LogP contribution in [0.25, 0.3) is 0 Å². The van der Waals surface area contributed by atoms with E-state index in [-0.39, 0.29) is 17.1 Å². The van der Waals surface area contributed by atoms with Crippen LogP contribution in [0, 0.1) is 11.3 Å². The minimum Gasteiger partial charge on any atom is -0.337 e. The Morgan fingerprint density at radius 1 is 0.795 bits per heavy atom. The van der Waals surface area contributed by atoms with Crippen molar-refractivity contribution in [1.29, 1.82) is 0 Å². The summed E-state index contributed by atoms with van der Waals surface area (Å²) in [6.45, 7) is 21.5. The van der Waals surface area contributed by atoms with Crippen molar-refractivity contribution < 1.29 is 4.79 Å². The smallest absolute Gasteiger partial charge is 0.132 e. The SMILES string of the molecule is C(=Nc1ccccc1)c1ccccc1.C=C1N(c2ccccc2)C(c2ccccc2)C1(C)C.C=C=C(C)C.CC(=O)C(C)C. The van der Waals surface area contributed by atoms with Gasteiger partial charge in [-0.25, -0.2) is 0 Å². The number of aliphatic imine (C=N–C) groups is 1. The number of rotatable bonds is 5. The molecule has 1 atom stereocenters. The van der Waals surface area contributed by atoms with Gasteiger partial charge in [-0.2, -0.15) is 0 Å². The maximum Gasteiger partial charge on any atom is 0.132 e.